The molecule has 11 atom stereocenters. The topological polar surface area (TPSA) is 226 Å². The molecule has 3 aromatic rings. The summed E-state index contributed by atoms with van der Waals surface area (Å²) < 4.78 is 12.8. The third kappa shape index (κ3) is 6.20. The van der Waals surface area contributed by atoms with Gasteiger partial charge in [-0.3, -0.25) is 0 Å². The van der Waals surface area contributed by atoms with Gasteiger partial charge in [0.2, 0.25) is 0 Å². The maximum atomic E-state index is 10.3. The molecule has 5 rings (SSSR count). The van der Waals surface area contributed by atoms with Crippen LogP contribution >= 0.6 is 0 Å². The SMILES string of the molecule is OCC(O)Cn1c2ccc(C#C[C@H]3O[C@H](CO)[C@@H](O)[C@H](O)[C@@H]3O)cc2c2cc(C#C[C@H]3O[C@H](CO)[C@@H](O)[C@H](O)[C@@H]3O)ccc21. The van der Waals surface area contributed by atoms with Gasteiger partial charge in [0.1, 0.15) is 61.0 Å². The monoisotopic (exact) mass is 613 g/mol. The van der Waals surface area contributed by atoms with E-state index >= 15 is 0 Å². The second-order valence-electron chi connectivity index (χ2n) is 10.9. The van der Waals surface area contributed by atoms with E-state index in [1.807, 2.05) is 4.57 Å². The fourth-order valence-corrected chi connectivity index (χ4v) is 5.48. The second kappa shape index (κ2) is 13.5. The van der Waals surface area contributed by atoms with Crippen molar-refractivity contribution in [2.75, 3.05) is 19.8 Å². The third-order valence-corrected chi connectivity index (χ3v) is 7.97. The first-order valence-electron chi connectivity index (χ1n) is 14.1. The predicted octanol–water partition coefficient (Wildman–Crippen LogP) is -3.46. The Balaban J connectivity index is 1.52. The zero-order chi connectivity index (χ0) is 31.7. The van der Waals surface area contributed by atoms with E-state index in [9.17, 15) is 51.1 Å². The number of nitrogens with zero attached hydrogens (tertiary/aromatic N) is 1. The summed E-state index contributed by atoms with van der Waals surface area (Å²) in [5.41, 5.74) is 2.44. The molecule has 44 heavy (non-hydrogen) atoms. The molecule has 2 fully saturated rings. The highest BCUT2D eigenvalue weighted by Gasteiger charge is 2.43. The van der Waals surface area contributed by atoms with Gasteiger partial charge in [0.15, 0.2) is 0 Å². The number of rotatable bonds is 5. The number of aliphatic hydroxyl groups excluding tert-OH is 10. The van der Waals surface area contributed by atoms with Crippen LogP contribution in [0.1, 0.15) is 11.1 Å². The lowest BCUT2D eigenvalue weighted by atomic mass is 9.95. The van der Waals surface area contributed by atoms with Crippen molar-refractivity contribution in [2.45, 2.75) is 73.7 Å². The average molecular weight is 614 g/mol. The maximum Gasteiger partial charge on any atom is 0.147 e. The molecule has 236 valence electrons. The van der Waals surface area contributed by atoms with Crippen LogP contribution in [0.4, 0.5) is 0 Å². The first kappa shape index (κ1) is 32.3. The van der Waals surface area contributed by atoms with E-state index in [0.717, 1.165) is 0 Å². The van der Waals surface area contributed by atoms with Crippen LogP contribution in [-0.4, -0.2) is 143 Å². The number of aliphatic hydroxyl groups is 10. The summed E-state index contributed by atoms with van der Waals surface area (Å²) in [5.74, 6) is 11.3. The molecule has 3 heterocycles. The van der Waals surface area contributed by atoms with Crippen molar-refractivity contribution in [2.24, 2.45) is 0 Å². The average Bonchev–Trinajstić information content (AvgIpc) is 3.33. The van der Waals surface area contributed by atoms with Gasteiger partial charge in [0.25, 0.3) is 0 Å². The van der Waals surface area contributed by atoms with Crippen molar-refractivity contribution in [3.8, 4) is 23.7 Å². The van der Waals surface area contributed by atoms with Crippen molar-refractivity contribution in [1.29, 1.82) is 0 Å². The summed E-state index contributed by atoms with van der Waals surface area (Å²) in [7, 11) is 0. The number of hydrogen-bond acceptors (Lipinski definition) is 12. The van der Waals surface area contributed by atoms with E-state index in [4.69, 9.17) is 9.47 Å². The summed E-state index contributed by atoms with van der Waals surface area (Å²) in [4.78, 5) is 0. The molecule has 0 aliphatic carbocycles. The zero-order valence-corrected chi connectivity index (χ0v) is 23.4. The molecule has 0 saturated carbocycles. The van der Waals surface area contributed by atoms with Crippen LogP contribution in [0.25, 0.3) is 21.8 Å². The van der Waals surface area contributed by atoms with Gasteiger partial charge in [0.05, 0.1) is 32.5 Å². The zero-order valence-electron chi connectivity index (χ0n) is 23.4. The summed E-state index contributed by atoms with van der Waals surface area (Å²) in [5, 5.41) is 101. The van der Waals surface area contributed by atoms with Crippen molar-refractivity contribution in [3.63, 3.8) is 0 Å². The minimum Gasteiger partial charge on any atom is -0.394 e. The lowest BCUT2D eigenvalue weighted by Gasteiger charge is -2.37. The van der Waals surface area contributed by atoms with Crippen LogP contribution in [0.2, 0.25) is 0 Å². The van der Waals surface area contributed by atoms with Crippen LogP contribution < -0.4 is 0 Å². The molecule has 2 aliphatic rings. The Morgan fingerprint density at radius 1 is 0.636 bits per heavy atom. The molecule has 13 nitrogen and oxygen atoms in total. The Morgan fingerprint density at radius 3 is 1.45 bits per heavy atom. The van der Waals surface area contributed by atoms with Gasteiger partial charge in [0, 0.05) is 32.9 Å². The van der Waals surface area contributed by atoms with Crippen LogP contribution in [0.15, 0.2) is 36.4 Å². The van der Waals surface area contributed by atoms with Gasteiger partial charge in [-0.05, 0) is 36.4 Å². The van der Waals surface area contributed by atoms with E-state index in [1.54, 1.807) is 36.4 Å². The Bertz CT molecular complexity index is 1490. The summed E-state index contributed by atoms with van der Waals surface area (Å²) in [6.07, 6.45) is -14.7. The van der Waals surface area contributed by atoms with Crippen molar-refractivity contribution >= 4 is 21.8 Å². The van der Waals surface area contributed by atoms with Gasteiger partial charge in [-0.2, -0.15) is 0 Å². The summed E-state index contributed by atoms with van der Waals surface area (Å²) >= 11 is 0. The number of benzene rings is 2. The van der Waals surface area contributed by atoms with E-state index in [1.165, 1.54) is 0 Å². The van der Waals surface area contributed by atoms with Gasteiger partial charge in [-0.1, -0.05) is 23.7 Å². The van der Waals surface area contributed by atoms with Crippen LogP contribution in [-0.2, 0) is 16.0 Å². The third-order valence-electron chi connectivity index (χ3n) is 7.97. The van der Waals surface area contributed by atoms with Crippen LogP contribution in [0, 0.1) is 23.7 Å². The molecule has 13 heteroatoms. The summed E-state index contributed by atoms with van der Waals surface area (Å²) in [6, 6.07) is 10.5. The molecule has 0 radical (unpaired) electrons. The minimum absolute atomic E-state index is 0.0856. The molecule has 2 aliphatic heterocycles. The Kier molecular flexibility index (Phi) is 9.89. The highest BCUT2D eigenvalue weighted by molar-refractivity contribution is 6.09. The van der Waals surface area contributed by atoms with Crippen molar-refractivity contribution in [1.82, 2.24) is 4.57 Å². The van der Waals surface area contributed by atoms with E-state index in [0.29, 0.717) is 32.9 Å². The van der Waals surface area contributed by atoms with Gasteiger partial charge in [-0.15, -0.1) is 0 Å². The highest BCUT2D eigenvalue weighted by Crippen LogP contribution is 2.31. The lowest BCUT2D eigenvalue weighted by Crippen LogP contribution is -2.58. The molecule has 2 aromatic carbocycles. The molecule has 0 amide bonds. The maximum absolute atomic E-state index is 10.3. The lowest BCUT2D eigenvalue weighted by molar-refractivity contribution is -0.214. The Labute approximate surface area is 251 Å². The van der Waals surface area contributed by atoms with Crippen molar-refractivity contribution in [3.05, 3.63) is 47.5 Å². The number of aromatic nitrogens is 1. The fourth-order valence-electron chi connectivity index (χ4n) is 5.48. The second-order valence-corrected chi connectivity index (χ2v) is 10.9. The molecule has 0 bridgehead atoms. The fraction of sp³-hybridized carbons (Fsp3) is 0.484. The van der Waals surface area contributed by atoms with E-state index < -0.39 is 87.0 Å². The summed E-state index contributed by atoms with van der Waals surface area (Å²) in [6.45, 7) is -1.51. The minimum atomic E-state index is -1.55. The van der Waals surface area contributed by atoms with E-state index in [-0.39, 0.29) is 6.54 Å². The molecule has 10 N–H and O–H groups in total. The van der Waals surface area contributed by atoms with Gasteiger partial charge < -0.3 is 65.1 Å². The molecule has 1 unspecified atom stereocenters. The molecule has 1 aromatic heterocycles. The molecular formula is C31H35NO12. The smallest absolute Gasteiger partial charge is 0.147 e. The van der Waals surface area contributed by atoms with Gasteiger partial charge in [-0.25, -0.2) is 0 Å². The molecular weight excluding hydrogens is 578 g/mol. The van der Waals surface area contributed by atoms with E-state index in [2.05, 4.69) is 23.7 Å². The normalized spacial score (nSPS) is 33.0. The first-order valence-corrected chi connectivity index (χ1v) is 14.1. The Morgan fingerprint density at radius 2 is 1.07 bits per heavy atom. The van der Waals surface area contributed by atoms with Crippen LogP contribution in [0.5, 0.6) is 0 Å². The molecule has 2 saturated heterocycles. The number of hydrogen-bond donors (Lipinski definition) is 10. The standard InChI is InChI=1S/C31H35NO12/c33-12-17(36)11-32-20-5-1-15(3-7-22-26(37)30(41)28(39)24(13-34)43-22)9-18(20)19-10-16(2-6-21(19)32)4-8-23-27(38)31(42)29(40)25(14-35)44-23/h1-2,5-6,9-10,17,22-31,33-42H,11-14H2/t17?,22-,23-,24-,25-,26-,27-,28-,29-,30-,31-/m1/s1. The largest absolute Gasteiger partial charge is 0.394 e. The van der Waals surface area contributed by atoms with Gasteiger partial charge >= 0.3 is 0 Å². The van der Waals surface area contributed by atoms with Crippen LogP contribution in [0.3, 0.4) is 0 Å². The number of fused-ring (bicyclic) bond motifs is 3. The highest BCUT2D eigenvalue weighted by atomic mass is 16.5. The number of ether oxygens (including phenoxy) is 2. The first-order chi connectivity index (χ1) is 21.1. The predicted molar refractivity (Wildman–Crippen MR) is 154 cm³/mol. The quantitative estimate of drug-likeness (QED) is 0.127. The molecule has 0 spiro atoms. The Hall–Kier alpha value is -3.12. The van der Waals surface area contributed by atoms with Crippen molar-refractivity contribution < 1.29 is 60.5 Å².